The standard InChI is InChI=1S/C28H26F3N5O4/c1-28(37)7-19(18-4-2-3-5-22(18)40-26(30)31)24-25(28)34-23-6-21(29)20(10-35(23)24)15-8-32-27(33-9-15)36-16-11-38-13-17(36)14-39-12-16/h2-6,8-10,16-17,19,26,37H,7,11-14H2,1H3. The maximum Gasteiger partial charge on any atom is 0.387 e. The molecule has 7 rings (SSSR count). The summed E-state index contributed by atoms with van der Waals surface area (Å²) in [4.78, 5) is 15.7. The largest absolute Gasteiger partial charge is 0.435 e. The second-order valence-corrected chi connectivity index (χ2v) is 10.6. The zero-order valence-corrected chi connectivity index (χ0v) is 21.5. The summed E-state index contributed by atoms with van der Waals surface area (Å²) in [5, 5.41) is 11.2. The summed E-state index contributed by atoms with van der Waals surface area (Å²) < 4.78 is 59.5. The van der Waals surface area contributed by atoms with E-state index in [1.807, 2.05) is 0 Å². The van der Waals surface area contributed by atoms with Crippen LogP contribution in [0.2, 0.25) is 0 Å². The van der Waals surface area contributed by atoms with Gasteiger partial charge in [0.2, 0.25) is 5.95 Å². The van der Waals surface area contributed by atoms with Gasteiger partial charge in [0.15, 0.2) is 0 Å². The second-order valence-electron chi connectivity index (χ2n) is 10.6. The first kappa shape index (κ1) is 25.2. The lowest BCUT2D eigenvalue weighted by Crippen LogP contribution is -2.60. The summed E-state index contributed by atoms with van der Waals surface area (Å²) in [6.45, 7) is 0.705. The third-order valence-corrected chi connectivity index (χ3v) is 7.91. The SMILES string of the molecule is CC1(O)CC(c2ccccc2OC(F)F)c2c1nc1cc(F)c(-c3cnc(N4C5COCC4COC5)nc3)cn21. The number of aliphatic hydroxyl groups is 1. The molecule has 1 aliphatic carbocycles. The molecule has 0 radical (unpaired) electrons. The number of aromatic nitrogens is 4. The second kappa shape index (κ2) is 9.43. The molecule has 12 heteroatoms. The molecule has 3 aromatic heterocycles. The van der Waals surface area contributed by atoms with Crippen molar-refractivity contribution in [3.8, 4) is 16.9 Å². The molecule has 1 aromatic carbocycles. The van der Waals surface area contributed by atoms with E-state index in [1.54, 1.807) is 48.1 Å². The lowest BCUT2D eigenvalue weighted by atomic mass is 9.93. The maximum atomic E-state index is 15.4. The average Bonchev–Trinajstić information content (AvgIpc) is 3.42. The Hall–Kier alpha value is -3.74. The molecular weight excluding hydrogens is 527 g/mol. The van der Waals surface area contributed by atoms with Gasteiger partial charge in [-0.2, -0.15) is 8.78 Å². The molecule has 4 aromatic rings. The van der Waals surface area contributed by atoms with Gasteiger partial charge in [0.1, 0.15) is 22.8 Å². The number of imidazole rings is 1. The topological polar surface area (TPSA) is 94.2 Å². The molecule has 2 aliphatic heterocycles. The quantitative estimate of drug-likeness (QED) is 0.398. The Morgan fingerprint density at radius 2 is 1.75 bits per heavy atom. The Morgan fingerprint density at radius 1 is 1.07 bits per heavy atom. The number of rotatable bonds is 5. The molecule has 0 amide bonds. The zero-order chi connectivity index (χ0) is 27.6. The van der Waals surface area contributed by atoms with Crippen LogP contribution in [0.3, 0.4) is 0 Å². The van der Waals surface area contributed by atoms with Gasteiger partial charge in [-0.15, -0.1) is 0 Å². The lowest BCUT2D eigenvalue weighted by Gasteiger charge is -2.45. The van der Waals surface area contributed by atoms with E-state index in [0.717, 1.165) is 0 Å². The van der Waals surface area contributed by atoms with E-state index < -0.39 is 23.9 Å². The van der Waals surface area contributed by atoms with Crippen molar-refractivity contribution >= 4 is 11.6 Å². The van der Waals surface area contributed by atoms with Crippen molar-refractivity contribution in [3.05, 3.63) is 71.7 Å². The number of fused-ring (bicyclic) bond motifs is 5. The predicted molar refractivity (Wildman–Crippen MR) is 137 cm³/mol. The van der Waals surface area contributed by atoms with Gasteiger partial charge in [0, 0.05) is 47.3 Å². The van der Waals surface area contributed by atoms with Crippen molar-refractivity contribution in [3.63, 3.8) is 0 Å². The van der Waals surface area contributed by atoms with Crippen LogP contribution in [-0.4, -0.2) is 69.6 Å². The van der Waals surface area contributed by atoms with Crippen LogP contribution >= 0.6 is 0 Å². The summed E-state index contributed by atoms with van der Waals surface area (Å²) in [5.41, 5.74) is 1.09. The molecule has 9 nitrogen and oxygen atoms in total. The number of morpholine rings is 2. The minimum Gasteiger partial charge on any atom is -0.435 e. The first-order chi connectivity index (χ1) is 19.3. The van der Waals surface area contributed by atoms with Crippen LogP contribution in [0.5, 0.6) is 5.75 Å². The van der Waals surface area contributed by atoms with Crippen LogP contribution in [0, 0.1) is 5.82 Å². The first-order valence-corrected chi connectivity index (χ1v) is 13.0. The van der Waals surface area contributed by atoms with Crippen molar-refractivity contribution in [1.82, 2.24) is 19.4 Å². The fourth-order valence-corrected chi connectivity index (χ4v) is 6.16. The molecule has 1 N–H and O–H groups in total. The van der Waals surface area contributed by atoms with Gasteiger partial charge < -0.3 is 28.6 Å². The predicted octanol–water partition coefficient (Wildman–Crippen LogP) is 3.88. The third-order valence-electron chi connectivity index (χ3n) is 7.91. The summed E-state index contributed by atoms with van der Waals surface area (Å²) in [6, 6.07) is 7.81. The number of hydrogen-bond donors (Lipinski definition) is 1. The lowest BCUT2D eigenvalue weighted by molar-refractivity contribution is -0.0506. The Morgan fingerprint density at radius 3 is 2.42 bits per heavy atom. The van der Waals surface area contributed by atoms with Crippen LogP contribution in [0.4, 0.5) is 19.1 Å². The number of nitrogens with zero attached hydrogens (tertiary/aromatic N) is 5. The molecule has 0 spiro atoms. The van der Waals surface area contributed by atoms with E-state index in [-0.39, 0.29) is 29.8 Å². The molecule has 2 fully saturated rings. The molecule has 3 aliphatic rings. The average molecular weight is 554 g/mol. The Labute approximate surface area is 227 Å². The van der Waals surface area contributed by atoms with Gasteiger partial charge in [0.05, 0.1) is 49.9 Å². The normalized spacial score (nSPS) is 25.9. The third kappa shape index (κ3) is 4.09. The summed E-state index contributed by atoms with van der Waals surface area (Å²) >= 11 is 0. The maximum absolute atomic E-state index is 15.4. The number of hydrogen-bond acceptors (Lipinski definition) is 8. The Bertz CT molecular complexity index is 1560. The highest BCUT2D eigenvalue weighted by atomic mass is 19.3. The smallest absolute Gasteiger partial charge is 0.387 e. The van der Waals surface area contributed by atoms with Gasteiger partial charge in [-0.25, -0.2) is 19.3 Å². The van der Waals surface area contributed by atoms with Crippen molar-refractivity contribution in [2.75, 3.05) is 31.3 Å². The number of para-hydroxylation sites is 1. The van der Waals surface area contributed by atoms with Crippen LogP contribution in [0.15, 0.2) is 48.9 Å². The summed E-state index contributed by atoms with van der Waals surface area (Å²) in [5.74, 6) is -0.496. The monoisotopic (exact) mass is 553 g/mol. The highest BCUT2D eigenvalue weighted by Crippen LogP contribution is 2.50. The van der Waals surface area contributed by atoms with E-state index >= 15 is 4.39 Å². The number of anilines is 1. The minimum atomic E-state index is -3.00. The molecule has 5 heterocycles. The highest BCUT2D eigenvalue weighted by Gasteiger charge is 2.45. The number of halogens is 3. The van der Waals surface area contributed by atoms with Crippen molar-refractivity contribution in [2.24, 2.45) is 0 Å². The van der Waals surface area contributed by atoms with Gasteiger partial charge in [0.25, 0.3) is 0 Å². The molecule has 0 saturated carbocycles. The van der Waals surface area contributed by atoms with Crippen molar-refractivity contribution < 1.29 is 32.5 Å². The van der Waals surface area contributed by atoms with E-state index in [2.05, 4.69) is 19.9 Å². The van der Waals surface area contributed by atoms with E-state index in [4.69, 9.17) is 14.2 Å². The van der Waals surface area contributed by atoms with Gasteiger partial charge in [-0.3, -0.25) is 0 Å². The number of benzene rings is 1. The highest BCUT2D eigenvalue weighted by molar-refractivity contribution is 5.66. The van der Waals surface area contributed by atoms with Gasteiger partial charge in [-0.1, -0.05) is 18.2 Å². The van der Waals surface area contributed by atoms with Gasteiger partial charge in [-0.05, 0) is 19.4 Å². The van der Waals surface area contributed by atoms with Gasteiger partial charge >= 0.3 is 6.61 Å². The van der Waals surface area contributed by atoms with Crippen LogP contribution < -0.4 is 9.64 Å². The molecule has 2 unspecified atom stereocenters. The molecule has 40 heavy (non-hydrogen) atoms. The van der Waals surface area contributed by atoms with Crippen LogP contribution in [0.1, 0.15) is 36.2 Å². The summed E-state index contributed by atoms with van der Waals surface area (Å²) in [7, 11) is 0. The number of alkyl halides is 2. The molecule has 208 valence electrons. The first-order valence-electron chi connectivity index (χ1n) is 13.0. The number of pyridine rings is 1. The van der Waals surface area contributed by atoms with E-state index in [9.17, 15) is 13.9 Å². The molecule has 2 bridgehead atoms. The molecule has 2 saturated heterocycles. The Kier molecular flexibility index (Phi) is 5.95. The van der Waals surface area contributed by atoms with Crippen molar-refractivity contribution in [2.45, 2.75) is 43.6 Å². The van der Waals surface area contributed by atoms with Crippen LogP contribution in [-0.2, 0) is 15.1 Å². The molecule has 2 atom stereocenters. The number of ether oxygens (including phenoxy) is 3. The Balaban J connectivity index is 1.30. The van der Waals surface area contributed by atoms with E-state index in [0.29, 0.717) is 60.5 Å². The van der Waals surface area contributed by atoms with Crippen molar-refractivity contribution in [1.29, 1.82) is 0 Å². The fourth-order valence-electron chi connectivity index (χ4n) is 6.16. The minimum absolute atomic E-state index is 0.0154. The van der Waals surface area contributed by atoms with E-state index in [1.165, 1.54) is 12.1 Å². The van der Waals surface area contributed by atoms with Crippen LogP contribution in [0.25, 0.3) is 16.8 Å². The molecular formula is C28H26F3N5O4. The fraction of sp³-hybridized carbons (Fsp3) is 0.393. The zero-order valence-electron chi connectivity index (χ0n) is 21.5. The summed E-state index contributed by atoms with van der Waals surface area (Å²) in [6.07, 6.45) is 4.95.